The molecule has 1 N–H and O–H groups in total. The van der Waals surface area contributed by atoms with Crippen LogP contribution in [0, 0.1) is 0 Å². The van der Waals surface area contributed by atoms with Crippen molar-refractivity contribution in [2.24, 2.45) is 0 Å². The second-order valence-electron chi connectivity index (χ2n) is 6.60. The predicted octanol–water partition coefficient (Wildman–Crippen LogP) is 4.83. The molecule has 25 heavy (non-hydrogen) atoms. The number of hydrogen-bond donors (Lipinski definition) is 1. The first kappa shape index (κ1) is 18.2. The van der Waals surface area contributed by atoms with Crippen LogP contribution in [0.2, 0.25) is 0 Å². The van der Waals surface area contributed by atoms with Gasteiger partial charge >= 0.3 is 0 Å². The van der Waals surface area contributed by atoms with E-state index in [2.05, 4.69) is 0 Å². The minimum Gasteiger partial charge on any atom is -0.508 e. The average Bonchev–Trinajstić information content (AvgIpc) is 3.02. The van der Waals surface area contributed by atoms with Crippen LogP contribution in [0.5, 0.6) is 5.75 Å². The van der Waals surface area contributed by atoms with Gasteiger partial charge in [-0.2, -0.15) is 0 Å². The first-order valence-corrected chi connectivity index (χ1v) is 9.48. The molecule has 1 aliphatic rings. The summed E-state index contributed by atoms with van der Waals surface area (Å²) < 4.78 is 28.6. The highest BCUT2D eigenvalue weighted by molar-refractivity contribution is 8.00. The van der Waals surface area contributed by atoms with Crippen LogP contribution in [0.1, 0.15) is 18.4 Å². The lowest BCUT2D eigenvalue weighted by atomic mass is 10.1. The van der Waals surface area contributed by atoms with Crippen molar-refractivity contribution in [1.82, 2.24) is 4.90 Å². The van der Waals surface area contributed by atoms with Gasteiger partial charge in [-0.25, -0.2) is 8.78 Å². The normalized spacial score (nSPS) is 18.6. The van der Waals surface area contributed by atoms with Crippen molar-refractivity contribution >= 4 is 11.8 Å². The molecule has 0 aromatic heterocycles. The van der Waals surface area contributed by atoms with Gasteiger partial charge in [-0.15, -0.1) is 11.8 Å². The maximum Gasteiger partial charge on any atom is 0.260 e. The summed E-state index contributed by atoms with van der Waals surface area (Å²) in [6, 6.07) is 16.5. The summed E-state index contributed by atoms with van der Waals surface area (Å²) in [4.78, 5) is 2.95. The molecule has 5 heteroatoms. The van der Waals surface area contributed by atoms with E-state index in [0.29, 0.717) is 18.2 Å². The third-order valence-electron chi connectivity index (χ3n) is 4.45. The molecular formula is C20H23F2NOS. The van der Waals surface area contributed by atoms with Crippen LogP contribution in [0.25, 0.3) is 0 Å². The Morgan fingerprint density at radius 2 is 1.80 bits per heavy atom. The van der Waals surface area contributed by atoms with Gasteiger partial charge in [0.05, 0.1) is 6.54 Å². The maximum atomic E-state index is 14.3. The smallest absolute Gasteiger partial charge is 0.260 e. The van der Waals surface area contributed by atoms with Crippen molar-refractivity contribution in [3.8, 4) is 5.75 Å². The van der Waals surface area contributed by atoms with E-state index in [4.69, 9.17) is 0 Å². The molecule has 2 aromatic rings. The number of phenolic OH excluding ortho intramolecular Hbond substituents is 1. The first-order valence-electron chi connectivity index (χ1n) is 8.60. The van der Waals surface area contributed by atoms with Crippen LogP contribution < -0.4 is 0 Å². The molecule has 0 radical (unpaired) electrons. The summed E-state index contributed by atoms with van der Waals surface area (Å²) in [6.45, 7) is 1.25. The van der Waals surface area contributed by atoms with E-state index in [9.17, 15) is 13.9 Å². The Kier molecular flexibility index (Phi) is 5.97. The first-order chi connectivity index (χ1) is 12.0. The summed E-state index contributed by atoms with van der Waals surface area (Å²) >= 11 is 1.70. The molecule has 1 atom stereocenters. The molecule has 0 amide bonds. The number of hydrogen-bond acceptors (Lipinski definition) is 3. The van der Waals surface area contributed by atoms with Gasteiger partial charge in [-0.3, -0.25) is 4.90 Å². The number of likely N-dealkylation sites (tertiary alicyclic amines) is 1. The van der Waals surface area contributed by atoms with Crippen LogP contribution >= 0.6 is 11.8 Å². The quantitative estimate of drug-likeness (QED) is 0.762. The van der Waals surface area contributed by atoms with E-state index >= 15 is 0 Å². The molecule has 0 aliphatic carbocycles. The minimum atomic E-state index is -2.66. The summed E-state index contributed by atoms with van der Waals surface area (Å²) in [5.41, 5.74) is 0.962. The van der Waals surface area contributed by atoms with Crippen molar-refractivity contribution in [3.05, 3.63) is 60.2 Å². The fourth-order valence-electron chi connectivity index (χ4n) is 3.13. The van der Waals surface area contributed by atoms with Gasteiger partial charge in [-0.05, 0) is 49.2 Å². The highest BCUT2D eigenvalue weighted by atomic mass is 32.2. The number of thioether (sulfide) groups is 1. The van der Waals surface area contributed by atoms with Gasteiger partial charge in [0, 0.05) is 23.1 Å². The molecule has 1 heterocycles. The Hall–Kier alpha value is -1.59. The third kappa shape index (κ3) is 5.72. The van der Waals surface area contributed by atoms with E-state index in [-0.39, 0.29) is 18.7 Å². The average molecular weight is 363 g/mol. The minimum absolute atomic E-state index is 0.108. The Morgan fingerprint density at radius 1 is 1.08 bits per heavy atom. The molecule has 2 nitrogen and oxygen atoms in total. The predicted molar refractivity (Wildman–Crippen MR) is 98.5 cm³/mol. The topological polar surface area (TPSA) is 23.5 Å². The second kappa shape index (κ2) is 8.19. The summed E-state index contributed by atoms with van der Waals surface area (Å²) in [6.07, 6.45) is 1.22. The molecule has 0 unspecified atom stereocenters. The number of alkyl halides is 2. The van der Waals surface area contributed by atoms with Gasteiger partial charge in [-0.1, -0.05) is 30.3 Å². The van der Waals surface area contributed by atoms with E-state index in [1.807, 2.05) is 47.4 Å². The van der Waals surface area contributed by atoms with Crippen LogP contribution in [0.4, 0.5) is 8.78 Å². The molecule has 1 aliphatic heterocycles. The highest BCUT2D eigenvalue weighted by Crippen LogP contribution is 2.32. The fraction of sp³-hybridized carbons (Fsp3) is 0.400. The lowest BCUT2D eigenvalue weighted by molar-refractivity contribution is -0.0339. The van der Waals surface area contributed by atoms with Crippen molar-refractivity contribution in [1.29, 1.82) is 0 Å². The lowest BCUT2D eigenvalue weighted by Crippen LogP contribution is -2.36. The van der Waals surface area contributed by atoms with Gasteiger partial charge < -0.3 is 5.11 Å². The molecule has 0 bridgehead atoms. The zero-order valence-electron chi connectivity index (χ0n) is 14.1. The van der Waals surface area contributed by atoms with Crippen molar-refractivity contribution < 1.29 is 13.9 Å². The number of nitrogens with zero attached hydrogens (tertiary/aromatic N) is 1. The number of halogens is 2. The monoisotopic (exact) mass is 363 g/mol. The van der Waals surface area contributed by atoms with Gasteiger partial charge in [0.25, 0.3) is 5.92 Å². The zero-order valence-corrected chi connectivity index (χ0v) is 14.9. The molecule has 0 spiro atoms. The largest absolute Gasteiger partial charge is 0.508 e. The van der Waals surface area contributed by atoms with Gasteiger partial charge in [0.15, 0.2) is 0 Å². The van der Waals surface area contributed by atoms with Crippen molar-refractivity contribution in [3.63, 3.8) is 0 Å². The number of benzene rings is 2. The van der Waals surface area contributed by atoms with Crippen LogP contribution in [0.3, 0.4) is 0 Å². The Bertz CT molecular complexity index is 663. The zero-order chi connectivity index (χ0) is 17.7. The molecule has 2 aromatic carbocycles. The Morgan fingerprint density at radius 3 is 2.52 bits per heavy atom. The Labute approximate surface area is 151 Å². The summed E-state index contributed by atoms with van der Waals surface area (Å²) in [5, 5.41) is 9.65. The molecule has 1 fully saturated rings. The summed E-state index contributed by atoms with van der Waals surface area (Å²) in [7, 11) is 0. The van der Waals surface area contributed by atoms with E-state index in [1.54, 1.807) is 23.9 Å². The fourth-order valence-corrected chi connectivity index (χ4v) is 4.32. The molecule has 3 rings (SSSR count). The number of aryl methyl sites for hydroxylation is 1. The van der Waals surface area contributed by atoms with E-state index in [1.165, 1.54) is 0 Å². The highest BCUT2D eigenvalue weighted by Gasteiger charge is 2.34. The molecular weight excluding hydrogens is 340 g/mol. The lowest BCUT2D eigenvalue weighted by Gasteiger charge is -2.23. The number of phenols is 1. The Balaban J connectivity index is 1.45. The van der Waals surface area contributed by atoms with E-state index in [0.717, 1.165) is 23.4 Å². The third-order valence-corrected chi connectivity index (χ3v) is 5.71. The molecule has 134 valence electrons. The van der Waals surface area contributed by atoms with Crippen LogP contribution in [0.15, 0.2) is 59.5 Å². The molecule has 0 saturated carbocycles. The second-order valence-corrected chi connectivity index (χ2v) is 7.97. The number of aromatic hydroxyl groups is 1. The SMILES string of the molecule is Oc1ccc(S[C@H]2CCN(CC(F)(F)CCc3ccccc3)C2)cc1. The summed E-state index contributed by atoms with van der Waals surface area (Å²) in [5.74, 6) is -2.41. The van der Waals surface area contributed by atoms with Gasteiger partial charge in [0.2, 0.25) is 0 Å². The molecule has 1 saturated heterocycles. The van der Waals surface area contributed by atoms with Crippen molar-refractivity contribution in [2.45, 2.75) is 35.3 Å². The number of rotatable bonds is 7. The van der Waals surface area contributed by atoms with Crippen LogP contribution in [-0.4, -0.2) is 40.8 Å². The van der Waals surface area contributed by atoms with Crippen molar-refractivity contribution in [2.75, 3.05) is 19.6 Å². The van der Waals surface area contributed by atoms with E-state index < -0.39 is 5.92 Å². The van der Waals surface area contributed by atoms with Gasteiger partial charge in [0.1, 0.15) is 5.75 Å². The van der Waals surface area contributed by atoms with Crippen LogP contribution in [-0.2, 0) is 6.42 Å². The standard InChI is InChI=1S/C20H23F2NOS/c21-20(22,12-10-16-4-2-1-3-5-16)15-23-13-11-19(14-23)25-18-8-6-17(24)7-9-18/h1-9,19,24H,10-15H2/t19-/m0/s1. The maximum absolute atomic E-state index is 14.3.